The molecule has 86 valence electrons. The minimum absolute atomic E-state index is 0.457. The van der Waals surface area contributed by atoms with Crippen LogP contribution in [0, 0.1) is 17.3 Å². The van der Waals surface area contributed by atoms with Gasteiger partial charge in [0.2, 0.25) is 0 Å². The molecule has 0 bridgehead atoms. The highest BCUT2D eigenvalue weighted by Gasteiger charge is 2.30. The quantitative estimate of drug-likeness (QED) is 0.662. The maximum Gasteiger partial charge on any atom is -0.00436 e. The summed E-state index contributed by atoms with van der Waals surface area (Å²) in [6.07, 6.45) is 5.08. The Morgan fingerprint density at radius 3 is 1.93 bits per heavy atom. The molecule has 14 heavy (non-hydrogen) atoms. The van der Waals surface area contributed by atoms with Gasteiger partial charge in [-0.2, -0.15) is 0 Å². The smallest absolute Gasteiger partial charge is 0.00436 e. The Bertz CT molecular complexity index is 138. The molecule has 0 saturated heterocycles. The number of rotatable bonds is 7. The van der Waals surface area contributed by atoms with Crippen LogP contribution in [-0.2, 0) is 0 Å². The molecule has 2 atom stereocenters. The molecule has 0 aromatic heterocycles. The van der Waals surface area contributed by atoms with Crippen LogP contribution in [-0.4, -0.2) is 6.54 Å². The summed E-state index contributed by atoms with van der Waals surface area (Å²) in [5.41, 5.74) is 6.37. The van der Waals surface area contributed by atoms with Gasteiger partial charge < -0.3 is 5.73 Å². The summed E-state index contributed by atoms with van der Waals surface area (Å²) in [5.74, 6) is 1.52. The number of hydrogen-bond donors (Lipinski definition) is 1. The first-order valence-corrected chi connectivity index (χ1v) is 6.24. The summed E-state index contributed by atoms with van der Waals surface area (Å²) < 4.78 is 0. The van der Waals surface area contributed by atoms with Crippen molar-refractivity contribution in [3.05, 3.63) is 0 Å². The van der Waals surface area contributed by atoms with Crippen molar-refractivity contribution in [2.24, 2.45) is 23.0 Å². The second kappa shape index (κ2) is 6.44. The van der Waals surface area contributed by atoms with Gasteiger partial charge >= 0.3 is 0 Å². The lowest BCUT2D eigenvalue weighted by molar-refractivity contribution is 0.145. The lowest BCUT2D eigenvalue weighted by Crippen LogP contribution is -2.33. The SMILES string of the molecule is CCC(C)CC(CN)C(C)(CC)CC. The second-order valence-electron chi connectivity index (χ2n) is 5.04. The van der Waals surface area contributed by atoms with Gasteiger partial charge in [-0.15, -0.1) is 0 Å². The van der Waals surface area contributed by atoms with Crippen LogP contribution < -0.4 is 5.73 Å². The monoisotopic (exact) mass is 199 g/mol. The van der Waals surface area contributed by atoms with E-state index in [1.54, 1.807) is 0 Å². The number of hydrogen-bond acceptors (Lipinski definition) is 1. The van der Waals surface area contributed by atoms with Crippen LogP contribution in [0.4, 0.5) is 0 Å². The Morgan fingerprint density at radius 2 is 1.64 bits per heavy atom. The lowest BCUT2D eigenvalue weighted by Gasteiger charge is -2.37. The van der Waals surface area contributed by atoms with E-state index < -0.39 is 0 Å². The van der Waals surface area contributed by atoms with E-state index in [-0.39, 0.29) is 0 Å². The molecule has 2 N–H and O–H groups in total. The van der Waals surface area contributed by atoms with Crippen LogP contribution in [0.3, 0.4) is 0 Å². The van der Waals surface area contributed by atoms with Gasteiger partial charge in [-0.05, 0) is 30.2 Å². The Balaban J connectivity index is 4.36. The minimum atomic E-state index is 0.457. The highest BCUT2D eigenvalue weighted by atomic mass is 14.6. The third-order valence-corrected chi connectivity index (χ3v) is 4.27. The van der Waals surface area contributed by atoms with Crippen molar-refractivity contribution >= 4 is 0 Å². The largest absolute Gasteiger partial charge is 0.330 e. The predicted molar refractivity (Wildman–Crippen MR) is 65.3 cm³/mol. The minimum Gasteiger partial charge on any atom is -0.330 e. The van der Waals surface area contributed by atoms with Crippen LogP contribution in [0.15, 0.2) is 0 Å². The molecule has 0 aromatic carbocycles. The van der Waals surface area contributed by atoms with Gasteiger partial charge in [-0.25, -0.2) is 0 Å². The molecule has 0 amide bonds. The van der Waals surface area contributed by atoms with Gasteiger partial charge in [0.15, 0.2) is 0 Å². The molecule has 0 saturated carbocycles. The van der Waals surface area contributed by atoms with Gasteiger partial charge in [0.05, 0.1) is 0 Å². The summed E-state index contributed by atoms with van der Waals surface area (Å²) in [5, 5.41) is 0. The first kappa shape index (κ1) is 14.0. The van der Waals surface area contributed by atoms with E-state index in [0.717, 1.165) is 12.5 Å². The highest BCUT2D eigenvalue weighted by molar-refractivity contribution is 4.82. The van der Waals surface area contributed by atoms with Crippen molar-refractivity contribution in [3.63, 3.8) is 0 Å². The maximum absolute atomic E-state index is 5.91. The van der Waals surface area contributed by atoms with E-state index in [0.29, 0.717) is 11.3 Å². The number of nitrogens with two attached hydrogens (primary N) is 1. The summed E-state index contributed by atoms with van der Waals surface area (Å²) >= 11 is 0. The van der Waals surface area contributed by atoms with Crippen LogP contribution in [0.2, 0.25) is 0 Å². The summed E-state index contributed by atoms with van der Waals surface area (Å²) in [6.45, 7) is 12.4. The molecule has 0 aliphatic heterocycles. The van der Waals surface area contributed by atoms with E-state index >= 15 is 0 Å². The van der Waals surface area contributed by atoms with Gasteiger partial charge in [0.25, 0.3) is 0 Å². The zero-order chi connectivity index (χ0) is 11.2. The molecule has 0 radical (unpaired) electrons. The van der Waals surface area contributed by atoms with Crippen molar-refractivity contribution < 1.29 is 0 Å². The fourth-order valence-corrected chi connectivity index (χ4v) is 2.14. The van der Waals surface area contributed by atoms with E-state index in [1.165, 1.54) is 25.7 Å². The Hall–Kier alpha value is -0.0400. The molecular weight excluding hydrogens is 170 g/mol. The molecule has 1 nitrogen and oxygen atoms in total. The van der Waals surface area contributed by atoms with Crippen LogP contribution in [0.5, 0.6) is 0 Å². The molecule has 2 unspecified atom stereocenters. The van der Waals surface area contributed by atoms with Crippen molar-refractivity contribution in [2.45, 2.75) is 60.3 Å². The molecule has 0 rings (SSSR count). The van der Waals surface area contributed by atoms with Gasteiger partial charge in [-0.1, -0.05) is 53.9 Å². The third kappa shape index (κ3) is 3.61. The standard InChI is InChI=1S/C13H29N/c1-6-11(4)9-12(10-14)13(5,7-2)8-3/h11-12H,6-10,14H2,1-5H3. The Morgan fingerprint density at radius 1 is 1.14 bits per heavy atom. The van der Waals surface area contributed by atoms with Crippen LogP contribution in [0.1, 0.15) is 60.3 Å². The maximum atomic E-state index is 5.91. The second-order valence-corrected chi connectivity index (χ2v) is 5.04. The van der Waals surface area contributed by atoms with Crippen LogP contribution in [0.25, 0.3) is 0 Å². The normalized spacial score (nSPS) is 16.7. The molecule has 0 heterocycles. The molecule has 1 heteroatoms. The summed E-state index contributed by atoms with van der Waals surface area (Å²) in [4.78, 5) is 0. The molecule has 0 aliphatic rings. The first-order chi connectivity index (χ1) is 6.53. The molecule has 0 aromatic rings. The summed E-state index contributed by atoms with van der Waals surface area (Å²) in [7, 11) is 0. The zero-order valence-electron chi connectivity index (χ0n) is 10.8. The van der Waals surface area contributed by atoms with E-state index in [1.807, 2.05) is 0 Å². The van der Waals surface area contributed by atoms with Crippen LogP contribution >= 0.6 is 0 Å². The van der Waals surface area contributed by atoms with Gasteiger partial charge in [0.1, 0.15) is 0 Å². The van der Waals surface area contributed by atoms with E-state index in [9.17, 15) is 0 Å². The molecular formula is C13H29N. The van der Waals surface area contributed by atoms with Crippen molar-refractivity contribution in [3.8, 4) is 0 Å². The van der Waals surface area contributed by atoms with Gasteiger partial charge in [0, 0.05) is 0 Å². The molecule has 0 fully saturated rings. The average molecular weight is 199 g/mol. The fraction of sp³-hybridized carbons (Fsp3) is 1.00. The predicted octanol–water partition coefficient (Wildman–Crippen LogP) is 3.82. The fourth-order valence-electron chi connectivity index (χ4n) is 2.14. The van der Waals surface area contributed by atoms with Crippen molar-refractivity contribution in [1.82, 2.24) is 0 Å². The highest BCUT2D eigenvalue weighted by Crippen LogP contribution is 2.38. The van der Waals surface area contributed by atoms with Crippen molar-refractivity contribution in [2.75, 3.05) is 6.54 Å². The van der Waals surface area contributed by atoms with E-state index in [4.69, 9.17) is 5.73 Å². The average Bonchev–Trinajstić information content (AvgIpc) is 2.24. The third-order valence-electron chi connectivity index (χ3n) is 4.27. The zero-order valence-corrected chi connectivity index (χ0v) is 10.8. The lowest BCUT2D eigenvalue weighted by atomic mass is 9.69. The van der Waals surface area contributed by atoms with E-state index in [2.05, 4.69) is 34.6 Å². The molecule has 0 spiro atoms. The van der Waals surface area contributed by atoms with Crippen molar-refractivity contribution in [1.29, 1.82) is 0 Å². The Kier molecular flexibility index (Phi) is 6.43. The first-order valence-electron chi connectivity index (χ1n) is 6.24. The topological polar surface area (TPSA) is 26.0 Å². The van der Waals surface area contributed by atoms with Gasteiger partial charge in [-0.3, -0.25) is 0 Å². The Labute approximate surface area is 90.5 Å². The molecule has 0 aliphatic carbocycles. The summed E-state index contributed by atoms with van der Waals surface area (Å²) in [6, 6.07) is 0.